The number of benzene rings is 2. The first-order valence-corrected chi connectivity index (χ1v) is 11.5. The van der Waals surface area contributed by atoms with Crippen LogP contribution in [0.2, 0.25) is 0 Å². The van der Waals surface area contributed by atoms with Crippen LogP contribution in [0.3, 0.4) is 0 Å². The quantitative estimate of drug-likeness (QED) is 0.552. The highest BCUT2D eigenvalue weighted by atomic mass is 32.2. The number of ether oxygens (including phenoxy) is 1. The molecule has 32 heavy (non-hydrogen) atoms. The number of hydrogen-bond donors (Lipinski definition) is 2. The molecule has 0 spiro atoms. The molecule has 2 aromatic carbocycles. The SMILES string of the molecule is CC(OC(=O)[C@@H](NS(=O)(=O)c1ccccc1F)C(C)C)C(=O)Nc1ccc(N(C)C)cc1. The summed E-state index contributed by atoms with van der Waals surface area (Å²) in [6, 6.07) is 10.6. The van der Waals surface area contributed by atoms with Crippen molar-refractivity contribution in [2.75, 3.05) is 24.3 Å². The van der Waals surface area contributed by atoms with Crippen LogP contribution in [0.25, 0.3) is 0 Å². The summed E-state index contributed by atoms with van der Waals surface area (Å²) in [4.78, 5) is 26.4. The molecule has 2 aromatic rings. The Kier molecular flexibility index (Phi) is 8.34. The van der Waals surface area contributed by atoms with Crippen LogP contribution in [0, 0.1) is 11.7 Å². The average molecular weight is 466 g/mol. The Bertz CT molecular complexity index is 1060. The minimum Gasteiger partial charge on any atom is -0.451 e. The van der Waals surface area contributed by atoms with Crippen LogP contribution in [0.5, 0.6) is 0 Å². The minimum atomic E-state index is -4.33. The summed E-state index contributed by atoms with van der Waals surface area (Å²) in [5.41, 5.74) is 1.47. The van der Waals surface area contributed by atoms with Gasteiger partial charge in [0.2, 0.25) is 10.0 Å². The van der Waals surface area contributed by atoms with Crippen molar-refractivity contribution in [2.24, 2.45) is 5.92 Å². The number of nitrogens with zero attached hydrogens (tertiary/aromatic N) is 1. The molecular formula is C22H28FN3O5S. The van der Waals surface area contributed by atoms with Crippen LogP contribution < -0.4 is 14.9 Å². The van der Waals surface area contributed by atoms with Gasteiger partial charge in [0.15, 0.2) is 6.10 Å². The van der Waals surface area contributed by atoms with Crippen molar-refractivity contribution in [1.82, 2.24) is 4.72 Å². The Morgan fingerprint density at radius 3 is 2.12 bits per heavy atom. The molecule has 0 aliphatic rings. The van der Waals surface area contributed by atoms with Gasteiger partial charge >= 0.3 is 5.97 Å². The van der Waals surface area contributed by atoms with Gasteiger partial charge < -0.3 is 15.0 Å². The predicted molar refractivity (Wildman–Crippen MR) is 120 cm³/mol. The maximum absolute atomic E-state index is 13.9. The van der Waals surface area contributed by atoms with Gasteiger partial charge in [-0.2, -0.15) is 4.72 Å². The average Bonchev–Trinajstić information content (AvgIpc) is 2.72. The van der Waals surface area contributed by atoms with E-state index in [2.05, 4.69) is 10.0 Å². The van der Waals surface area contributed by atoms with Crippen molar-refractivity contribution < 1.29 is 27.1 Å². The summed E-state index contributed by atoms with van der Waals surface area (Å²) < 4.78 is 46.5. The van der Waals surface area contributed by atoms with Gasteiger partial charge in [0.25, 0.3) is 5.91 Å². The number of rotatable bonds is 9. The molecule has 0 aromatic heterocycles. The monoisotopic (exact) mass is 465 g/mol. The van der Waals surface area contributed by atoms with E-state index < -0.39 is 50.7 Å². The van der Waals surface area contributed by atoms with E-state index in [-0.39, 0.29) is 0 Å². The van der Waals surface area contributed by atoms with Crippen molar-refractivity contribution in [3.8, 4) is 0 Å². The zero-order chi connectivity index (χ0) is 24.1. The number of sulfonamides is 1. The smallest absolute Gasteiger partial charge is 0.325 e. The number of anilines is 2. The summed E-state index contributed by atoms with van der Waals surface area (Å²) in [5, 5.41) is 2.64. The number of amides is 1. The van der Waals surface area contributed by atoms with Crippen LogP contribution >= 0.6 is 0 Å². The van der Waals surface area contributed by atoms with Gasteiger partial charge in [0.1, 0.15) is 16.8 Å². The normalized spacial score (nSPS) is 13.3. The summed E-state index contributed by atoms with van der Waals surface area (Å²) in [6.45, 7) is 4.59. The summed E-state index contributed by atoms with van der Waals surface area (Å²) in [6.07, 6.45) is -1.18. The fraction of sp³-hybridized carbons (Fsp3) is 0.364. The number of carbonyl (C=O) groups is 2. The maximum Gasteiger partial charge on any atom is 0.325 e. The standard InChI is InChI=1S/C22H28FN3O5S/c1-14(2)20(25-32(29,30)19-9-7-6-8-18(19)23)22(28)31-15(3)21(27)24-16-10-12-17(13-11-16)26(4)5/h6-15,20,25H,1-5H3,(H,24,27)/t15?,20-/m0/s1. The third kappa shape index (κ3) is 6.51. The molecule has 0 bridgehead atoms. The van der Waals surface area contributed by atoms with Crippen molar-refractivity contribution >= 4 is 33.3 Å². The molecule has 0 saturated heterocycles. The van der Waals surface area contributed by atoms with Crippen LogP contribution in [-0.2, 0) is 24.3 Å². The molecule has 1 amide bonds. The first-order chi connectivity index (χ1) is 14.9. The van der Waals surface area contributed by atoms with Gasteiger partial charge in [-0.05, 0) is 49.2 Å². The second-order valence-electron chi connectivity index (χ2n) is 7.78. The molecule has 10 heteroatoms. The fourth-order valence-electron chi connectivity index (χ4n) is 2.74. The molecule has 0 aliphatic carbocycles. The van der Waals surface area contributed by atoms with Gasteiger partial charge in [-0.3, -0.25) is 9.59 Å². The van der Waals surface area contributed by atoms with E-state index in [4.69, 9.17) is 4.74 Å². The van der Waals surface area contributed by atoms with Gasteiger partial charge in [-0.1, -0.05) is 26.0 Å². The Morgan fingerprint density at radius 2 is 1.59 bits per heavy atom. The molecule has 0 heterocycles. The lowest BCUT2D eigenvalue weighted by Crippen LogP contribution is -2.47. The van der Waals surface area contributed by atoms with Gasteiger partial charge in [0.05, 0.1) is 0 Å². The van der Waals surface area contributed by atoms with Crippen molar-refractivity contribution in [1.29, 1.82) is 0 Å². The summed E-state index contributed by atoms with van der Waals surface area (Å²) in [7, 11) is -0.547. The van der Waals surface area contributed by atoms with Gasteiger partial charge in [0, 0.05) is 25.5 Å². The largest absolute Gasteiger partial charge is 0.451 e. The second kappa shape index (κ2) is 10.6. The number of carbonyl (C=O) groups excluding carboxylic acids is 2. The Hall–Kier alpha value is -2.98. The first kappa shape index (κ1) is 25.3. The first-order valence-electron chi connectivity index (χ1n) is 9.98. The highest BCUT2D eigenvalue weighted by Gasteiger charge is 2.32. The maximum atomic E-state index is 13.9. The lowest BCUT2D eigenvalue weighted by Gasteiger charge is -2.23. The molecule has 1 unspecified atom stereocenters. The molecule has 0 saturated carbocycles. The third-order valence-electron chi connectivity index (χ3n) is 4.64. The second-order valence-corrected chi connectivity index (χ2v) is 9.47. The van der Waals surface area contributed by atoms with Crippen LogP contribution in [0.1, 0.15) is 20.8 Å². The van der Waals surface area contributed by atoms with Crippen LogP contribution in [-0.4, -0.2) is 46.5 Å². The van der Waals surface area contributed by atoms with Gasteiger partial charge in [-0.25, -0.2) is 12.8 Å². The molecular weight excluding hydrogens is 437 g/mol. The number of esters is 1. The Morgan fingerprint density at radius 1 is 1.00 bits per heavy atom. The van der Waals surface area contributed by atoms with Crippen LogP contribution in [0.15, 0.2) is 53.4 Å². The van der Waals surface area contributed by atoms with E-state index in [1.165, 1.54) is 19.1 Å². The molecule has 0 fully saturated rings. The van der Waals surface area contributed by atoms with E-state index in [1.807, 2.05) is 31.1 Å². The van der Waals surface area contributed by atoms with E-state index in [9.17, 15) is 22.4 Å². The van der Waals surface area contributed by atoms with Gasteiger partial charge in [-0.15, -0.1) is 0 Å². The zero-order valence-electron chi connectivity index (χ0n) is 18.6. The number of nitrogens with one attached hydrogen (secondary N) is 2. The third-order valence-corrected chi connectivity index (χ3v) is 6.12. The number of hydrogen-bond acceptors (Lipinski definition) is 6. The molecule has 0 aliphatic heterocycles. The predicted octanol–water partition coefficient (Wildman–Crippen LogP) is 2.77. The summed E-state index contributed by atoms with van der Waals surface area (Å²) >= 11 is 0. The number of halogens is 1. The molecule has 0 radical (unpaired) electrons. The zero-order valence-corrected chi connectivity index (χ0v) is 19.4. The van der Waals surface area contributed by atoms with Crippen LogP contribution in [0.4, 0.5) is 15.8 Å². The van der Waals surface area contributed by atoms with Crippen molar-refractivity contribution in [3.63, 3.8) is 0 Å². The van der Waals surface area contributed by atoms with E-state index in [0.717, 1.165) is 17.8 Å². The molecule has 8 nitrogen and oxygen atoms in total. The van der Waals surface area contributed by atoms with E-state index >= 15 is 0 Å². The highest BCUT2D eigenvalue weighted by Crippen LogP contribution is 2.18. The Labute approximate surface area is 187 Å². The minimum absolute atomic E-state index is 0.516. The topological polar surface area (TPSA) is 105 Å². The molecule has 174 valence electrons. The lowest BCUT2D eigenvalue weighted by molar-refractivity contribution is -0.155. The fourth-order valence-corrected chi connectivity index (χ4v) is 4.15. The highest BCUT2D eigenvalue weighted by molar-refractivity contribution is 7.89. The van der Waals surface area contributed by atoms with Crippen molar-refractivity contribution in [2.45, 2.75) is 37.8 Å². The summed E-state index contributed by atoms with van der Waals surface area (Å²) in [5.74, 6) is -2.97. The van der Waals surface area contributed by atoms with E-state index in [0.29, 0.717) is 5.69 Å². The lowest BCUT2D eigenvalue weighted by atomic mass is 10.1. The van der Waals surface area contributed by atoms with E-state index in [1.54, 1.807) is 26.0 Å². The molecule has 2 N–H and O–H groups in total. The molecule has 2 rings (SSSR count). The Balaban J connectivity index is 2.06. The molecule has 2 atom stereocenters. The van der Waals surface area contributed by atoms with Crippen molar-refractivity contribution in [3.05, 3.63) is 54.3 Å².